The zero-order chi connectivity index (χ0) is 67.4. The molecule has 0 aliphatic carbocycles. The standard InChI is InChI=1S/C95H59N7/c96-60-61-27-29-62(30-28-61)63-31-35-66(36-32-63)85-59-86(98-95(97-85)68-41-49-76(50-42-68)102-90-26-14-10-22-80(90)84-58-72(46-54-94(84)102)70-44-52-92-82(56-70)78-20-8-12-24-88(78)100(92)74-17-5-2-6-18-74)67-37-33-64(34-38-67)65-39-47-75(48-40-65)101-89-25-13-9-21-79(89)83-57-71(45-53-93(83)101)69-43-51-91-81(55-69)77-19-7-11-23-87(77)99(91)73-15-3-1-4-16-73/h1-59H. The first-order valence-electron chi connectivity index (χ1n) is 34.6. The molecule has 5 aromatic heterocycles. The highest BCUT2D eigenvalue weighted by molar-refractivity contribution is 6.15. The molecule has 7 heteroatoms. The Morgan fingerprint density at radius 1 is 0.196 bits per heavy atom. The minimum atomic E-state index is 0.631. The van der Waals surface area contributed by atoms with Crippen LogP contribution in [0.3, 0.4) is 0 Å². The van der Waals surface area contributed by atoms with Crippen LogP contribution in [0.4, 0.5) is 0 Å². The highest BCUT2D eigenvalue weighted by Crippen LogP contribution is 2.42. The third-order valence-electron chi connectivity index (χ3n) is 20.7. The molecule has 0 amide bonds. The number of nitriles is 1. The van der Waals surface area contributed by atoms with E-state index in [1.807, 2.05) is 24.3 Å². The Bertz CT molecular complexity index is 6750. The molecule has 0 aliphatic heterocycles. The van der Waals surface area contributed by atoms with Crippen LogP contribution in [0.25, 0.3) is 188 Å². The molecule has 0 N–H and O–H groups in total. The van der Waals surface area contributed by atoms with Gasteiger partial charge in [-0.25, -0.2) is 9.97 Å². The lowest BCUT2D eigenvalue weighted by Crippen LogP contribution is -1.97. The van der Waals surface area contributed by atoms with Crippen molar-refractivity contribution in [1.29, 1.82) is 5.26 Å². The molecule has 0 bridgehead atoms. The van der Waals surface area contributed by atoms with Gasteiger partial charge in [-0.2, -0.15) is 5.26 Å². The third-order valence-corrected chi connectivity index (χ3v) is 20.7. The van der Waals surface area contributed by atoms with E-state index in [4.69, 9.17) is 9.97 Å². The summed E-state index contributed by atoms with van der Waals surface area (Å²) >= 11 is 0. The number of fused-ring (bicyclic) bond motifs is 12. The van der Waals surface area contributed by atoms with Crippen LogP contribution in [0.15, 0.2) is 358 Å². The number of para-hydroxylation sites is 6. The van der Waals surface area contributed by atoms with E-state index < -0.39 is 0 Å². The van der Waals surface area contributed by atoms with Crippen molar-refractivity contribution in [3.63, 3.8) is 0 Å². The Morgan fingerprint density at radius 3 is 0.765 bits per heavy atom. The van der Waals surface area contributed by atoms with E-state index in [9.17, 15) is 5.26 Å². The second kappa shape index (κ2) is 23.7. The van der Waals surface area contributed by atoms with Crippen molar-refractivity contribution in [3.05, 3.63) is 363 Å². The summed E-state index contributed by atoms with van der Waals surface area (Å²) in [5, 5.41) is 19.2. The van der Waals surface area contributed by atoms with Gasteiger partial charge in [0.2, 0.25) is 0 Å². The fourth-order valence-corrected chi connectivity index (χ4v) is 15.7. The molecule has 15 aromatic carbocycles. The fraction of sp³-hybridized carbons (Fsp3) is 0. The third kappa shape index (κ3) is 9.65. The molecule has 0 spiro atoms. The lowest BCUT2D eigenvalue weighted by molar-refractivity contribution is 1.16. The molecule has 20 rings (SSSR count). The van der Waals surface area contributed by atoms with Crippen LogP contribution in [0, 0.1) is 11.3 Å². The van der Waals surface area contributed by atoms with Gasteiger partial charge in [-0.05, 0) is 196 Å². The van der Waals surface area contributed by atoms with Gasteiger partial charge in [0, 0.05) is 82.5 Å². The van der Waals surface area contributed by atoms with Gasteiger partial charge in [0.15, 0.2) is 5.82 Å². The number of benzene rings is 15. The number of aromatic nitrogens is 6. The first kappa shape index (κ1) is 58.2. The Labute approximate surface area is 587 Å². The highest BCUT2D eigenvalue weighted by atomic mass is 15.0. The Morgan fingerprint density at radius 2 is 0.441 bits per heavy atom. The molecule has 7 nitrogen and oxygen atoms in total. The lowest BCUT2D eigenvalue weighted by Gasteiger charge is -2.12. The summed E-state index contributed by atoms with van der Waals surface area (Å²) in [4.78, 5) is 10.7. The van der Waals surface area contributed by atoms with Crippen LogP contribution in [-0.4, -0.2) is 28.2 Å². The number of nitrogens with zero attached hydrogens (tertiary/aromatic N) is 7. The van der Waals surface area contributed by atoms with Gasteiger partial charge in [0.05, 0.1) is 67.2 Å². The summed E-state index contributed by atoms with van der Waals surface area (Å²) in [6.07, 6.45) is 0. The molecule has 0 radical (unpaired) electrons. The van der Waals surface area contributed by atoms with Crippen LogP contribution in [0.2, 0.25) is 0 Å². The van der Waals surface area contributed by atoms with Crippen molar-refractivity contribution in [3.8, 4) is 107 Å². The minimum Gasteiger partial charge on any atom is -0.309 e. The van der Waals surface area contributed by atoms with E-state index in [0.29, 0.717) is 11.4 Å². The molecule has 0 aliphatic rings. The number of rotatable bonds is 11. The summed E-state index contributed by atoms with van der Waals surface area (Å²) < 4.78 is 9.50. The number of hydrogen-bond donors (Lipinski definition) is 0. The minimum absolute atomic E-state index is 0.631. The molecule has 0 atom stereocenters. The summed E-state index contributed by atoms with van der Waals surface area (Å²) in [6, 6.07) is 131. The first-order chi connectivity index (χ1) is 50.5. The Balaban J connectivity index is 0.620. The van der Waals surface area contributed by atoms with E-state index in [1.54, 1.807) is 0 Å². The van der Waals surface area contributed by atoms with E-state index in [-0.39, 0.29) is 0 Å². The fourth-order valence-electron chi connectivity index (χ4n) is 15.7. The predicted octanol–water partition coefficient (Wildman–Crippen LogP) is 24.4. The predicted molar refractivity (Wildman–Crippen MR) is 422 cm³/mol. The summed E-state index contributed by atoms with van der Waals surface area (Å²) in [5.74, 6) is 0.631. The van der Waals surface area contributed by atoms with Gasteiger partial charge in [0.25, 0.3) is 0 Å². The SMILES string of the molecule is N#Cc1ccc(-c2ccc(-c3cc(-c4ccc(-c5ccc(-n6c7ccccc7c7cc(-c8ccc9c(c8)c8ccccc8n9-c8ccccc8)ccc76)cc5)cc4)nc(-c4ccc(-n5c6ccccc6c6cc(-c7ccc8c(c7)c7ccccc7n8-c7ccccc7)ccc65)cc4)n3)cc2)cc1. The summed E-state index contributed by atoms with van der Waals surface area (Å²) in [7, 11) is 0. The summed E-state index contributed by atoms with van der Waals surface area (Å²) in [5.41, 5.74) is 28.0. The van der Waals surface area contributed by atoms with Gasteiger partial charge in [-0.15, -0.1) is 0 Å². The molecule has 0 saturated heterocycles. The first-order valence-corrected chi connectivity index (χ1v) is 34.6. The van der Waals surface area contributed by atoms with E-state index >= 15 is 0 Å². The van der Waals surface area contributed by atoms with Gasteiger partial charge in [-0.3, -0.25) is 0 Å². The van der Waals surface area contributed by atoms with Crippen molar-refractivity contribution in [2.45, 2.75) is 0 Å². The second-order valence-corrected chi connectivity index (χ2v) is 26.4. The highest BCUT2D eigenvalue weighted by Gasteiger charge is 2.21. The monoisotopic (exact) mass is 1300 g/mol. The molecule has 0 saturated carbocycles. The van der Waals surface area contributed by atoms with Crippen LogP contribution >= 0.6 is 0 Å². The van der Waals surface area contributed by atoms with Crippen LogP contribution in [-0.2, 0) is 0 Å². The van der Waals surface area contributed by atoms with E-state index in [2.05, 4.69) is 358 Å². The van der Waals surface area contributed by atoms with Gasteiger partial charge in [-0.1, -0.05) is 206 Å². The maximum Gasteiger partial charge on any atom is 0.160 e. The lowest BCUT2D eigenvalue weighted by atomic mass is 10.00. The number of hydrogen-bond acceptors (Lipinski definition) is 3. The normalized spacial score (nSPS) is 11.7. The van der Waals surface area contributed by atoms with Gasteiger partial charge in [0.1, 0.15) is 0 Å². The zero-order valence-corrected chi connectivity index (χ0v) is 55.2. The largest absolute Gasteiger partial charge is 0.309 e. The van der Waals surface area contributed by atoms with Gasteiger partial charge >= 0.3 is 0 Å². The van der Waals surface area contributed by atoms with E-state index in [1.165, 1.54) is 87.4 Å². The van der Waals surface area contributed by atoms with Crippen LogP contribution in [0.1, 0.15) is 5.56 Å². The maximum atomic E-state index is 9.49. The van der Waals surface area contributed by atoms with Crippen molar-refractivity contribution in [1.82, 2.24) is 28.2 Å². The molecular weight excluding hydrogens is 1240 g/mol. The average molecular weight is 1300 g/mol. The zero-order valence-electron chi connectivity index (χ0n) is 55.2. The topological polar surface area (TPSA) is 69.3 Å². The van der Waals surface area contributed by atoms with Crippen molar-refractivity contribution in [2.75, 3.05) is 0 Å². The molecule has 102 heavy (non-hydrogen) atoms. The van der Waals surface area contributed by atoms with Crippen LogP contribution in [0.5, 0.6) is 0 Å². The smallest absolute Gasteiger partial charge is 0.160 e. The van der Waals surface area contributed by atoms with E-state index in [0.717, 1.165) is 95.1 Å². The Kier molecular flexibility index (Phi) is 13.5. The average Bonchev–Trinajstić information content (AvgIpc) is 1.60. The molecule has 474 valence electrons. The van der Waals surface area contributed by atoms with Crippen molar-refractivity contribution >= 4 is 87.2 Å². The Hall–Kier alpha value is -13.9. The van der Waals surface area contributed by atoms with Gasteiger partial charge < -0.3 is 18.3 Å². The molecular formula is C95H59N7. The molecule has 0 unspecified atom stereocenters. The second-order valence-electron chi connectivity index (χ2n) is 26.4. The molecule has 5 heterocycles. The molecule has 0 fully saturated rings. The maximum absolute atomic E-state index is 9.49. The van der Waals surface area contributed by atoms with Crippen LogP contribution < -0.4 is 0 Å². The van der Waals surface area contributed by atoms with Crippen molar-refractivity contribution < 1.29 is 0 Å². The molecule has 20 aromatic rings. The summed E-state index contributed by atoms with van der Waals surface area (Å²) in [6.45, 7) is 0. The quantitative estimate of drug-likeness (QED) is 0.130. The van der Waals surface area contributed by atoms with Crippen molar-refractivity contribution in [2.24, 2.45) is 0 Å².